The van der Waals surface area contributed by atoms with Gasteiger partial charge in [0.2, 0.25) is 5.82 Å². The SMILES string of the molecule is COc1ccc(OCC(=O)OCc2nc(-c3ccccc3)no2)cc1. The molecule has 0 atom stereocenters. The average Bonchev–Trinajstić information content (AvgIpc) is 3.15. The van der Waals surface area contributed by atoms with E-state index in [1.165, 1.54) is 0 Å². The van der Waals surface area contributed by atoms with E-state index in [-0.39, 0.29) is 19.1 Å². The van der Waals surface area contributed by atoms with Gasteiger partial charge in [0, 0.05) is 5.56 Å². The predicted molar refractivity (Wildman–Crippen MR) is 88.0 cm³/mol. The Kier molecular flexibility index (Phi) is 5.26. The van der Waals surface area contributed by atoms with E-state index < -0.39 is 5.97 Å². The molecule has 0 aliphatic carbocycles. The fourth-order valence-corrected chi connectivity index (χ4v) is 2.02. The van der Waals surface area contributed by atoms with E-state index in [9.17, 15) is 4.79 Å². The van der Waals surface area contributed by atoms with Crippen LogP contribution in [0, 0.1) is 0 Å². The van der Waals surface area contributed by atoms with Gasteiger partial charge >= 0.3 is 5.97 Å². The highest BCUT2D eigenvalue weighted by molar-refractivity contribution is 5.71. The molecule has 0 saturated heterocycles. The third-order valence-corrected chi connectivity index (χ3v) is 3.27. The number of rotatable bonds is 7. The zero-order chi connectivity index (χ0) is 17.5. The van der Waals surface area contributed by atoms with Gasteiger partial charge in [-0.3, -0.25) is 0 Å². The molecule has 25 heavy (non-hydrogen) atoms. The van der Waals surface area contributed by atoms with Crippen LogP contribution in [-0.2, 0) is 16.1 Å². The summed E-state index contributed by atoms with van der Waals surface area (Å²) in [6.45, 7) is -0.323. The monoisotopic (exact) mass is 340 g/mol. The molecule has 0 N–H and O–H groups in total. The lowest BCUT2D eigenvalue weighted by molar-refractivity contribution is -0.148. The lowest BCUT2D eigenvalue weighted by Gasteiger charge is -2.06. The minimum absolute atomic E-state index is 0.107. The topological polar surface area (TPSA) is 83.7 Å². The summed E-state index contributed by atoms with van der Waals surface area (Å²) in [5.41, 5.74) is 0.826. The predicted octanol–water partition coefficient (Wildman–Crippen LogP) is 2.87. The van der Waals surface area contributed by atoms with Crippen molar-refractivity contribution < 1.29 is 23.5 Å². The second-order valence-corrected chi connectivity index (χ2v) is 5.00. The van der Waals surface area contributed by atoms with Crippen LogP contribution >= 0.6 is 0 Å². The highest BCUT2D eigenvalue weighted by Crippen LogP contribution is 2.17. The number of hydrogen-bond donors (Lipinski definition) is 0. The Bertz CT molecular complexity index is 815. The molecule has 7 heteroatoms. The Hall–Kier alpha value is -3.35. The number of nitrogens with zero attached hydrogens (tertiary/aromatic N) is 2. The van der Waals surface area contributed by atoms with Crippen molar-refractivity contribution in [2.45, 2.75) is 6.61 Å². The van der Waals surface area contributed by atoms with Crippen LogP contribution in [0.5, 0.6) is 11.5 Å². The van der Waals surface area contributed by atoms with E-state index in [0.717, 1.165) is 5.56 Å². The molecule has 128 valence electrons. The Morgan fingerprint density at radius 3 is 2.48 bits per heavy atom. The minimum Gasteiger partial charge on any atom is -0.497 e. The van der Waals surface area contributed by atoms with Crippen molar-refractivity contribution in [1.29, 1.82) is 0 Å². The number of aromatic nitrogens is 2. The molecular formula is C18H16N2O5. The van der Waals surface area contributed by atoms with Crippen LogP contribution in [0.15, 0.2) is 59.1 Å². The first-order valence-electron chi connectivity index (χ1n) is 7.55. The second-order valence-electron chi connectivity index (χ2n) is 5.00. The Balaban J connectivity index is 1.46. The van der Waals surface area contributed by atoms with Gasteiger partial charge in [0.1, 0.15) is 11.5 Å². The Morgan fingerprint density at radius 1 is 1.04 bits per heavy atom. The molecule has 0 aliphatic heterocycles. The maximum Gasteiger partial charge on any atom is 0.344 e. The van der Waals surface area contributed by atoms with Gasteiger partial charge in [-0.15, -0.1) is 0 Å². The average molecular weight is 340 g/mol. The third kappa shape index (κ3) is 4.57. The standard InChI is InChI=1S/C18H16N2O5/c1-22-14-7-9-15(10-8-14)23-12-17(21)24-11-16-19-18(20-25-16)13-5-3-2-4-6-13/h2-10H,11-12H2,1H3. The molecule has 3 rings (SSSR count). The number of esters is 1. The second kappa shape index (κ2) is 7.96. The first-order valence-corrected chi connectivity index (χ1v) is 7.55. The van der Waals surface area contributed by atoms with E-state index in [4.69, 9.17) is 18.7 Å². The Morgan fingerprint density at radius 2 is 1.76 bits per heavy atom. The summed E-state index contributed by atoms with van der Waals surface area (Å²) in [5, 5.41) is 3.85. The van der Waals surface area contributed by atoms with E-state index in [0.29, 0.717) is 17.3 Å². The molecule has 7 nitrogen and oxygen atoms in total. The molecule has 0 unspecified atom stereocenters. The number of hydrogen-bond acceptors (Lipinski definition) is 7. The van der Waals surface area contributed by atoms with Crippen molar-refractivity contribution in [2.24, 2.45) is 0 Å². The van der Waals surface area contributed by atoms with Crippen molar-refractivity contribution in [1.82, 2.24) is 10.1 Å². The fourth-order valence-electron chi connectivity index (χ4n) is 2.02. The van der Waals surface area contributed by atoms with Gasteiger partial charge in [-0.05, 0) is 24.3 Å². The first kappa shape index (κ1) is 16.5. The highest BCUT2D eigenvalue weighted by atomic mass is 16.6. The van der Waals surface area contributed by atoms with Crippen LogP contribution in [-0.4, -0.2) is 29.8 Å². The maximum atomic E-state index is 11.7. The minimum atomic E-state index is -0.532. The van der Waals surface area contributed by atoms with Gasteiger partial charge in [0.05, 0.1) is 7.11 Å². The molecule has 0 bridgehead atoms. The molecule has 2 aromatic carbocycles. The van der Waals surface area contributed by atoms with Crippen molar-refractivity contribution in [3.8, 4) is 22.9 Å². The molecule has 0 saturated carbocycles. The zero-order valence-corrected chi connectivity index (χ0v) is 13.5. The zero-order valence-electron chi connectivity index (χ0n) is 13.5. The lowest BCUT2D eigenvalue weighted by atomic mass is 10.2. The van der Waals surface area contributed by atoms with E-state index in [1.807, 2.05) is 30.3 Å². The summed E-state index contributed by atoms with van der Waals surface area (Å²) in [6, 6.07) is 16.3. The smallest absolute Gasteiger partial charge is 0.344 e. The van der Waals surface area contributed by atoms with E-state index in [1.54, 1.807) is 31.4 Å². The van der Waals surface area contributed by atoms with Crippen LogP contribution < -0.4 is 9.47 Å². The number of ether oxygens (including phenoxy) is 3. The van der Waals surface area contributed by atoms with Gasteiger partial charge in [-0.2, -0.15) is 4.98 Å². The summed E-state index contributed by atoms with van der Waals surface area (Å²) in [4.78, 5) is 15.9. The van der Waals surface area contributed by atoms with E-state index in [2.05, 4.69) is 10.1 Å². The summed E-state index contributed by atoms with van der Waals surface area (Å²) in [7, 11) is 1.58. The molecule has 0 radical (unpaired) electrons. The molecule has 0 spiro atoms. The summed E-state index contributed by atoms with van der Waals surface area (Å²) < 4.78 is 20.5. The number of carbonyl (C=O) groups excluding carboxylic acids is 1. The summed E-state index contributed by atoms with van der Waals surface area (Å²) >= 11 is 0. The molecule has 0 aliphatic rings. The van der Waals surface area contributed by atoms with Crippen molar-refractivity contribution >= 4 is 5.97 Å². The molecular weight excluding hydrogens is 324 g/mol. The van der Waals surface area contributed by atoms with Crippen molar-refractivity contribution in [3.63, 3.8) is 0 Å². The molecule has 1 heterocycles. The summed E-state index contributed by atoms with van der Waals surface area (Å²) in [5.74, 6) is 1.38. The highest BCUT2D eigenvalue weighted by Gasteiger charge is 2.11. The summed E-state index contributed by atoms with van der Waals surface area (Å²) in [6.07, 6.45) is 0. The Labute approximate surface area is 144 Å². The van der Waals surface area contributed by atoms with Crippen LogP contribution in [0.4, 0.5) is 0 Å². The quantitative estimate of drug-likeness (QED) is 0.611. The van der Waals surface area contributed by atoms with Gasteiger partial charge in [0.25, 0.3) is 5.89 Å². The van der Waals surface area contributed by atoms with Gasteiger partial charge in [-0.25, -0.2) is 4.79 Å². The number of methoxy groups -OCH3 is 1. The van der Waals surface area contributed by atoms with Crippen LogP contribution in [0.2, 0.25) is 0 Å². The van der Waals surface area contributed by atoms with Crippen LogP contribution in [0.3, 0.4) is 0 Å². The van der Waals surface area contributed by atoms with Crippen molar-refractivity contribution in [2.75, 3.05) is 13.7 Å². The molecule has 0 amide bonds. The molecule has 1 aromatic heterocycles. The lowest BCUT2D eigenvalue weighted by Crippen LogP contribution is -2.14. The number of benzene rings is 2. The largest absolute Gasteiger partial charge is 0.497 e. The number of carbonyl (C=O) groups is 1. The molecule has 3 aromatic rings. The fraction of sp³-hybridized carbons (Fsp3) is 0.167. The van der Waals surface area contributed by atoms with E-state index >= 15 is 0 Å². The van der Waals surface area contributed by atoms with Crippen molar-refractivity contribution in [3.05, 3.63) is 60.5 Å². The third-order valence-electron chi connectivity index (χ3n) is 3.27. The van der Waals surface area contributed by atoms with Crippen LogP contribution in [0.1, 0.15) is 5.89 Å². The molecule has 0 fully saturated rings. The normalized spacial score (nSPS) is 10.3. The van der Waals surface area contributed by atoms with Gasteiger partial charge in [-0.1, -0.05) is 35.5 Å². The van der Waals surface area contributed by atoms with Gasteiger partial charge < -0.3 is 18.7 Å². The van der Waals surface area contributed by atoms with Crippen LogP contribution in [0.25, 0.3) is 11.4 Å². The maximum absolute atomic E-state index is 11.7. The first-order chi connectivity index (χ1) is 12.2. The van der Waals surface area contributed by atoms with Gasteiger partial charge in [0.15, 0.2) is 13.2 Å².